The Morgan fingerprint density at radius 3 is 2.50 bits per heavy atom. The van der Waals surface area contributed by atoms with Gasteiger partial charge in [-0.3, -0.25) is 4.79 Å². The maximum Gasteiger partial charge on any atom is 0.152 e. The lowest BCUT2D eigenvalue weighted by Crippen LogP contribution is -2.13. The number of para-hydroxylation sites is 1. The van der Waals surface area contributed by atoms with Crippen LogP contribution in [-0.4, -0.2) is 20.4 Å². The van der Waals surface area contributed by atoms with Crippen molar-refractivity contribution in [2.75, 3.05) is 19.0 Å². The van der Waals surface area contributed by atoms with E-state index in [1.807, 2.05) is 0 Å². The summed E-state index contributed by atoms with van der Waals surface area (Å²) in [6.07, 6.45) is 0.651. The summed E-state index contributed by atoms with van der Waals surface area (Å²) in [5.41, 5.74) is 0.715. The fourth-order valence-corrected chi connectivity index (χ4v) is 1.10. The van der Waals surface area contributed by atoms with Crippen LogP contribution in [-0.2, 0) is 0 Å². The quantitative estimate of drug-likeness (QED) is 0.625. The van der Waals surface area contributed by atoms with E-state index < -0.39 is 0 Å². The Hall–Kier alpha value is -1.38. The molecule has 1 aromatic carbocycles. The van der Waals surface area contributed by atoms with Gasteiger partial charge in [-0.1, -0.05) is 6.07 Å². The minimum absolute atomic E-state index is 0.340. The number of hydrogen-bond acceptors (Lipinski definition) is 2. The zero-order chi connectivity index (χ0) is 9.14. The van der Waals surface area contributed by atoms with Gasteiger partial charge in [0.25, 0.3) is 0 Å². The zero-order valence-electron chi connectivity index (χ0n) is 7.04. The molecule has 0 N–H and O–H groups in total. The zero-order valence-corrected chi connectivity index (χ0v) is 7.04. The van der Waals surface area contributed by atoms with Crippen LogP contribution in [0, 0.1) is 5.82 Å². The van der Waals surface area contributed by atoms with Gasteiger partial charge in [0, 0.05) is 19.7 Å². The number of hydrogen-bond donors (Lipinski definition) is 0. The number of anilines is 1. The Morgan fingerprint density at radius 1 is 1.42 bits per heavy atom. The predicted molar refractivity (Wildman–Crippen MR) is 46.1 cm³/mol. The topological polar surface area (TPSA) is 20.3 Å². The van der Waals surface area contributed by atoms with Gasteiger partial charge in [-0.25, -0.2) is 4.39 Å². The number of aldehydes is 1. The van der Waals surface area contributed by atoms with Crippen LogP contribution in [0.15, 0.2) is 18.2 Å². The summed E-state index contributed by atoms with van der Waals surface area (Å²) in [5.74, 6) is -0.371. The Morgan fingerprint density at radius 2 is 2.08 bits per heavy atom. The molecule has 3 heteroatoms. The summed E-state index contributed by atoms with van der Waals surface area (Å²) < 4.78 is 13.1. The highest BCUT2D eigenvalue weighted by Gasteiger charge is 2.08. The van der Waals surface area contributed by atoms with Crippen LogP contribution in [0.2, 0.25) is 0 Å². The number of nitrogens with zero attached hydrogens (tertiary/aromatic N) is 1. The van der Waals surface area contributed by atoms with Crippen molar-refractivity contribution in [3.05, 3.63) is 29.6 Å². The van der Waals surface area contributed by atoms with Crippen LogP contribution in [0.5, 0.6) is 0 Å². The third-order valence-corrected chi connectivity index (χ3v) is 1.59. The van der Waals surface area contributed by atoms with E-state index in [9.17, 15) is 9.18 Å². The van der Waals surface area contributed by atoms with Crippen molar-refractivity contribution in [2.24, 2.45) is 0 Å². The molecule has 2 nitrogen and oxygen atoms in total. The average molecular weight is 167 g/mol. The maximum absolute atomic E-state index is 13.1. The largest absolute Gasteiger partial charge is 0.375 e. The Bertz CT molecular complexity index is 297. The number of rotatable bonds is 2. The maximum atomic E-state index is 13.1. The van der Waals surface area contributed by atoms with Crippen molar-refractivity contribution in [2.45, 2.75) is 0 Å². The molecule has 1 aromatic rings. The highest BCUT2D eigenvalue weighted by atomic mass is 19.1. The minimum Gasteiger partial charge on any atom is -0.375 e. The number of halogens is 1. The summed E-state index contributed by atoms with van der Waals surface area (Å²) in [7, 11) is 3.40. The fraction of sp³-hybridized carbons (Fsp3) is 0.222. The van der Waals surface area contributed by atoms with E-state index in [1.165, 1.54) is 12.1 Å². The fourth-order valence-electron chi connectivity index (χ4n) is 1.10. The number of carbonyl (C=O) groups excluding carboxylic acids is 1. The molecule has 0 radical (unpaired) electrons. The first-order valence-corrected chi connectivity index (χ1v) is 3.58. The third kappa shape index (κ3) is 1.44. The second-order valence-corrected chi connectivity index (χ2v) is 2.69. The van der Waals surface area contributed by atoms with Crippen LogP contribution in [0.1, 0.15) is 10.4 Å². The van der Waals surface area contributed by atoms with E-state index in [4.69, 9.17) is 0 Å². The summed E-state index contributed by atoms with van der Waals surface area (Å²) in [5, 5.41) is 0. The molecule has 0 saturated carbocycles. The van der Waals surface area contributed by atoms with Crippen molar-refractivity contribution in [1.29, 1.82) is 0 Å². The molecule has 0 bridgehead atoms. The van der Waals surface area contributed by atoms with Gasteiger partial charge in [0.2, 0.25) is 0 Å². The van der Waals surface area contributed by atoms with Crippen molar-refractivity contribution >= 4 is 12.0 Å². The van der Waals surface area contributed by atoms with Gasteiger partial charge in [0.15, 0.2) is 6.29 Å². The van der Waals surface area contributed by atoms with Gasteiger partial charge in [-0.2, -0.15) is 0 Å². The number of carbonyl (C=O) groups is 1. The Kier molecular flexibility index (Phi) is 2.43. The van der Waals surface area contributed by atoms with Crippen molar-refractivity contribution in [1.82, 2.24) is 0 Å². The lowest BCUT2D eigenvalue weighted by Gasteiger charge is -2.14. The molecule has 1 rings (SSSR count). The first-order valence-electron chi connectivity index (χ1n) is 3.58. The summed E-state index contributed by atoms with van der Waals surface area (Å²) in [6, 6.07) is 4.44. The first-order chi connectivity index (χ1) is 5.66. The molecule has 0 aliphatic rings. The lowest BCUT2D eigenvalue weighted by molar-refractivity contribution is 0.112. The Balaban J connectivity index is 3.29. The second-order valence-electron chi connectivity index (χ2n) is 2.69. The van der Waals surface area contributed by atoms with E-state index in [-0.39, 0.29) is 5.82 Å². The van der Waals surface area contributed by atoms with Gasteiger partial charge in [0.05, 0.1) is 5.69 Å². The van der Waals surface area contributed by atoms with E-state index in [2.05, 4.69) is 0 Å². The van der Waals surface area contributed by atoms with Gasteiger partial charge < -0.3 is 4.90 Å². The van der Waals surface area contributed by atoms with Gasteiger partial charge in [0.1, 0.15) is 5.82 Å². The van der Waals surface area contributed by atoms with Gasteiger partial charge >= 0.3 is 0 Å². The minimum atomic E-state index is -0.371. The van der Waals surface area contributed by atoms with Gasteiger partial charge in [-0.05, 0) is 12.1 Å². The molecule has 0 aromatic heterocycles. The molecule has 0 amide bonds. The Labute approximate surface area is 70.6 Å². The van der Waals surface area contributed by atoms with E-state index in [0.29, 0.717) is 17.5 Å². The van der Waals surface area contributed by atoms with Crippen molar-refractivity contribution in [3.8, 4) is 0 Å². The summed E-state index contributed by atoms with van der Waals surface area (Å²) >= 11 is 0. The molecular formula is C9H10FNO. The molecular weight excluding hydrogens is 157 g/mol. The SMILES string of the molecule is CN(C)c1c(F)cccc1C=O. The van der Waals surface area contributed by atoms with Crippen LogP contribution < -0.4 is 4.90 Å². The van der Waals surface area contributed by atoms with Crippen LogP contribution >= 0.6 is 0 Å². The smallest absolute Gasteiger partial charge is 0.152 e. The van der Waals surface area contributed by atoms with Crippen molar-refractivity contribution < 1.29 is 9.18 Å². The molecule has 0 aliphatic carbocycles. The van der Waals surface area contributed by atoms with Crippen LogP contribution in [0.4, 0.5) is 10.1 Å². The molecule has 0 spiro atoms. The second kappa shape index (κ2) is 3.34. The number of benzene rings is 1. The average Bonchev–Trinajstić information content (AvgIpc) is 2.03. The highest BCUT2D eigenvalue weighted by molar-refractivity contribution is 5.84. The summed E-state index contributed by atoms with van der Waals surface area (Å²) in [4.78, 5) is 12.1. The summed E-state index contributed by atoms with van der Waals surface area (Å²) in [6.45, 7) is 0. The van der Waals surface area contributed by atoms with E-state index in [1.54, 1.807) is 25.1 Å². The third-order valence-electron chi connectivity index (χ3n) is 1.59. The molecule has 64 valence electrons. The van der Waals surface area contributed by atoms with Crippen molar-refractivity contribution in [3.63, 3.8) is 0 Å². The van der Waals surface area contributed by atoms with Crippen LogP contribution in [0.25, 0.3) is 0 Å². The predicted octanol–water partition coefficient (Wildman–Crippen LogP) is 1.70. The van der Waals surface area contributed by atoms with Crippen LogP contribution in [0.3, 0.4) is 0 Å². The molecule has 0 atom stereocenters. The normalized spacial score (nSPS) is 9.58. The standard InChI is InChI=1S/C9H10FNO/c1-11(2)9-7(6-12)4-3-5-8(9)10/h3-6H,1-2H3. The highest BCUT2D eigenvalue weighted by Crippen LogP contribution is 2.20. The molecule has 0 aliphatic heterocycles. The van der Waals surface area contributed by atoms with E-state index in [0.717, 1.165) is 0 Å². The van der Waals surface area contributed by atoms with E-state index >= 15 is 0 Å². The monoisotopic (exact) mass is 167 g/mol. The molecule has 12 heavy (non-hydrogen) atoms. The molecule has 0 heterocycles. The molecule has 0 fully saturated rings. The first kappa shape index (κ1) is 8.71. The van der Waals surface area contributed by atoms with Gasteiger partial charge in [-0.15, -0.1) is 0 Å². The molecule has 0 saturated heterocycles. The lowest BCUT2D eigenvalue weighted by atomic mass is 10.2. The molecule has 0 unspecified atom stereocenters.